The molecule has 1 saturated carbocycles. The van der Waals surface area contributed by atoms with Gasteiger partial charge in [-0.15, -0.1) is 0 Å². The molecule has 2 aliphatic heterocycles. The molecule has 40 heavy (non-hydrogen) atoms. The molecule has 2 unspecified atom stereocenters. The van der Waals surface area contributed by atoms with Crippen molar-refractivity contribution in [3.05, 3.63) is 35.4 Å². The SMILES string of the molecule is CCO[Si](OCC)(OCC)N1CCC2CCCCC2C1.CCO[Si](OCC)(OCC)N1CCc2ccccc2C1. The van der Waals surface area contributed by atoms with Gasteiger partial charge in [-0.3, -0.25) is 9.13 Å². The topological polar surface area (TPSA) is 61.9 Å². The van der Waals surface area contributed by atoms with Gasteiger partial charge < -0.3 is 26.6 Å². The third-order valence-electron chi connectivity index (χ3n) is 8.16. The Morgan fingerprint density at radius 2 is 1.07 bits per heavy atom. The van der Waals surface area contributed by atoms with E-state index in [4.69, 9.17) is 26.6 Å². The van der Waals surface area contributed by atoms with Crippen LogP contribution in [0.1, 0.15) is 84.8 Å². The maximum Gasteiger partial charge on any atom is 0.599 e. The molecule has 0 amide bonds. The molecule has 0 radical (unpaired) electrons. The standard InChI is InChI=1S/C15H31NO3Si.C15H25NO3Si/c2*1-4-17-20(18-5-2,19-6-3)16-12-11-14-9-7-8-10-15(14)13-16/h14-15H,4-13H2,1-3H3;7-10H,4-6,11-13H2,1-3H3. The van der Waals surface area contributed by atoms with E-state index in [1.54, 1.807) is 0 Å². The van der Waals surface area contributed by atoms with E-state index in [-0.39, 0.29) is 0 Å². The van der Waals surface area contributed by atoms with Crippen LogP contribution in [0.4, 0.5) is 0 Å². The molecular weight excluding hydrogens is 541 g/mol. The summed E-state index contributed by atoms with van der Waals surface area (Å²) >= 11 is 0. The molecule has 1 aromatic rings. The first-order valence-corrected chi connectivity index (χ1v) is 19.3. The molecular formula is C30H56N2O6Si2. The molecule has 10 heteroatoms. The zero-order chi connectivity index (χ0) is 28.8. The van der Waals surface area contributed by atoms with Crippen LogP contribution in [0.25, 0.3) is 0 Å². The summed E-state index contributed by atoms with van der Waals surface area (Å²) in [6, 6.07) is 8.59. The van der Waals surface area contributed by atoms with Crippen LogP contribution < -0.4 is 0 Å². The summed E-state index contributed by atoms with van der Waals surface area (Å²) in [7, 11) is -5.37. The van der Waals surface area contributed by atoms with Gasteiger partial charge in [-0.2, -0.15) is 0 Å². The zero-order valence-electron chi connectivity index (χ0n) is 26.1. The van der Waals surface area contributed by atoms with E-state index < -0.39 is 17.9 Å². The second kappa shape index (κ2) is 17.5. The number of nitrogens with zero attached hydrogens (tertiary/aromatic N) is 2. The Labute approximate surface area is 246 Å². The first-order valence-electron chi connectivity index (χ1n) is 15.9. The van der Waals surface area contributed by atoms with Crippen molar-refractivity contribution in [3.63, 3.8) is 0 Å². The predicted molar refractivity (Wildman–Crippen MR) is 163 cm³/mol. The van der Waals surface area contributed by atoms with Gasteiger partial charge in [0.2, 0.25) is 0 Å². The Morgan fingerprint density at radius 1 is 0.600 bits per heavy atom. The van der Waals surface area contributed by atoms with E-state index in [2.05, 4.69) is 33.4 Å². The lowest BCUT2D eigenvalue weighted by atomic mass is 9.76. The average molecular weight is 597 g/mol. The third kappa shape index (κ3) is 8.68. The highest BCUT2D eigenvalue weighted by Crippen LogP contribution is 2.38. The van der Waals surface area contributed by atoms with Gasteiger partial charge in [0.1, 0.15) is 0 Å². The van der Waals surface area contributed by atoms with Crippen molar-refractivity contribution in [2.75, 3.05) is 59.3 Å². The van der Waals surface area contributed by atoms with Crippen LogP contribution in [-0.4, -0.2) is 86.3 Å². The lowest BCUT2D eigenvalue weighted by molar-refractivity contribution is -0.00782. The summed E-state index contributed by atoms with van der Waals surface area (Å²) in [4.78, 5) is 0. The fourth-order valence-corrected chi connectivity index (χ4v) is 11.9. The molecule has 1 aliphatic carbocycles. The number of benzene rings is 1. The fourth-order valence-electron chi connectivity index (χ4n) is 6.47. The summed E-state index contributed by atoms with van der Waals surface area (Å²) in [6.07, 6.45) is 7.92. The molecule has 0 aromatic heterocycles. The van der Waals surface area contributed by atoms with E-state index in [0.29, 0.717) is 39.6 Å². The summed E-state index contributed by atoms with van der Waals surface area (Å²) in [5.74, 6) is 1.75. The Bertz CT molecular complexity index is 816. The minimum atomic E-state index is -2.73. The number of hydrogen-bond acceptors (Lipinski definition) is 8. The van der Waals surface area contributed by atoms with Gasteiger partial charge >= 0.3 is 17.9 Å². The van der Waals surface area contributed by atoms with E-state index in [9.17, 15) is 0 Å². The first kappa shape index (κ1) is 33.8. The quantitative estimate of drug-likeness (QED) is 0.256. The van der Waals surface area contributed by atoms with E-state index in [1.165, 1.54) is 43.2 Å². The molecule has 2 fully saturated rings. The Hall–Kier alpha value is -0.666. The average Bonchev–Trinajstić information content (AvgIpc) is 2.98. The number of piperidine rings is 1. The first-order chi connectivity index (χ1) is 19.5. The van der Waals surface area contributed by atoms with Gasteiger partial charge in [0.15, 0.2) is 0 Å². The van der Waals surface area contributed by atoms with Gasteiger partial charge in [0.25, 0.3) is 0 Å². The molecule has 2 heterocycles. The lowest BCUT2D eigenvalue weighted by Gasteiger charge is -2.46. The molecule has 0 bridgehead atoms. The van der Waals surface area contributed by atoms with E-state index >= 15 is 0 Å². The largest absolute Gasteiger partial charge is 0.599 e. The number of rotatable bonds is 14. The highest BCUT2D eigenvalue weighted by atomic mass is 28.4. The fraction of sp³-hybridized carbons (Fsp3) is 0.800. The van der Waals surface area contributed by atoms with Gasteiger partial charge in [-0.05, 0) is 90.3 Å². The predicted octanol–water partition coefficient (Wildman–Crippen LogP) is 5.63. The van der Waals surface area contributed by atoms with Crippen LogP contribution in [0.5, 0.6) is 0 Å². The van der Waals surface area contributed by atoms with Crippen molar-refractivity contribution in [2.45, 2.75) is 86.6 Å². The van der Waals surface area contributed by atoms with Crippen molar-refractivity contribution in [3.8, 4) is 0 Å². The van der Waals surface area contributed by atoms with Gasteiger partial charge in [0.05, 0.1) is 0 Å². The molecule has 2 atom stereocenters. The summed E-state index contributed by atoms with van der Waals surface area (Å²) in [5.41, 5.74) is 2.78. The molecule has 1 aromatic carbocycles. The van der Waals surface area contributed by atoms with Crippen molar-refractivity contribution in [1.82, 2.24) is 9.13 Å². The highest BCUT2D eigenvalue weighted by Gasteiger charge is 2.51. The van der Waals surface area contributed by atoms with Gasteiger partial charge in [-0.25, -0.2) is 0 Å². The number of hydrogen-bond donors (Lipinski definition) is 0. The summed E-state index contributed by atoms with van der Waals surface area (Å²) < 4.78 is 40.8. The van der Waals surface area contributed by atoms with Crippen molar-refractivity contribution in [2.24, 2.45) is 11.8 Å². The van der Waals surface area contributed by atoms with Crippen molar-refractivity contribution in [1.29, 1.82) is 0 Å². The van der Waals surface area contributed by atoms with Crippen LogP contribution >= 0.6 is 0 Å². The Balaban J connectivity index is 0.000000220. The smallest absolute Gasteiger partial charge is 0.361 e. The Morgan fingerprint density at radius 3 is 1.60 bits per heavy atom. The second-order valence-electron chi connectivity index (χ2n) is 10.6. The van der Waals surface area contributed by atoms with E-state index in [1.807, 2.05) is 41.5 Å². The maximum atomic E-state index is 6.05. The molecule has 0 N–H and O–H groups in total. The van der Waals surface area contributed by atoms with Crippen LogP contribution in [0.15, 0.2) is 24.3 Å². The van der Waals surface area contributed by atoms with E-state index in [0.717, 1.165) is 44.4 Å². The maximum absolute atomic E-state index is 6.05. The van der Waals surface area contributed by atoms with Crippen LogP contribution in [-0.2, 0) is 39.5 Å². The summed E-state index contributed by atoms with van der Waals surface area (Å²) in [6.45, 7) is 19.9. The second-order valence-corrected chi connectivity index (χ2v) is 15.7. The molecule has 3 aliphatic rings. The lowest BCUT2D eigenvalue weighted by Crippen LogP contribution is -2.64. The normalized spacial score (nSPS) is 22.2. The van der Waals surface area contributed by atoms with Crippen molar-refractivity contribution >= 4 is 17.9 Å². The molecule has 1 saturated heterocycles. The molecule has 4 rings (SSSR count). The van der Waals surface area contributed by atoms with Crippen molar-refractivity contribution < 1.29 is 26.6 Å². The molecule has 8 nitrogen and oxygen atoms in total. The van der Waals surface area contributed by atoms with Gasteiger partial charge in [0, 0.05) is 59.3 Å². The highest BCUT2D eigenvalue weighted by molar-refractivity contribution is 6.58. The summed E-state index contributed by atoms with van der Waals surface area (Å²) in [5, 5.41) is 0. The molecule has 230 valence electrons. The monoisotopic (exact) mass is 596 g/mol. The van der Waals surface area contributed by atoms with Gasteiger partial charge in [-0.1, -0.05) is 43.5 Å². The Kier molecular flexibility index (Phi) is 14.8. The minimum absolute atomic E-state index is 0.615. The number of fused-ring (bicyclic) bond motifs is 2. The van der Waals surface area contributed by atoms with Crippen LogP contribution in [0.2, 0.25) is 0 Å². The van der Waals surface area contributed by atoms with Crippen LogP contribution in [0.3, 0.4) is 0 Å². The van der Waals surface area contributed by atoms with Crippen LogP contribution in [0, 0.1) is 11.8 Å². The zero-order valence-corrected chi connectivity index (χ0v) is 28.1. The third-order valence-corrected chi connectivity index (χ3v) is 14.4. The minimum Gasteiger partial charge on any atom is -0.361 e. The molecule has 0 spiro atoms.